The van der Waals surface area contributed by atoms with Gasteiger partial charge in [0.2, 0.25) is 0 Å². The van der Waals surface area contributed by atoms with E-state index in [9.17, 15) is 4.79 Å². The van der Waals surface area contributed by atoms with Crippen molar-refractivity contribution in [1.82, 2.24) is 19.9 Å². The van der Waals surface area contributed by atoms with E-state index in [4.69, 9.17) is 26.1 Å². The third kappa shape index (κ3) is 4.42. The van der Waals surface area contributed by atoms with E-state index in [1.165, 1.54) is 5.70 Å². The molecule has 1 saturated heterocycles. The largest absolute Gasteiger partial charge is 0.463 e. The fourth-order valence-electron chi connectivity index (χ4n) is 3.72. The Bertz CT molecular complexity index is 1030. The van der Waals surface area contributed by atoms with Crippen LogP contribution in [0.15, 0.2) is 36.1 Å². The lowest BCUT2D eigenvalue weighted by atomic mass is 9.98. The van der Waals surface area contributed by atoms with E-state index < -0.39 is 5.97 Å². The number of hydrogen-bond donors (Lipinski definition) is 1. The van der Waals surface area contributed by atoms with Crippen molar-refractivity contribution in [3.05, 3.63) is 52.6 Å². The lowest BCUT2D eigenvalue weighted by Crippen LogP contribution is -2.35. The highest BCUT2D eigenvalue weighted by Crippen LogP contribution is 2.32. The van der Waals surface area contributed by atoms with E-state index in [-0.39, 0.29) is 6.42 Å². The number of esters is 1. The zero-order chi connectivity index (χ0) is 21.1. The first kappa shape index (κ1) is 20.6. The minimum Gasteiger partial charge on any atom is -0.463 e. The second-order valence-corrected chi connectivity index (χ2v) is 7.73. The summed E-state index contributed by atoms with van der Waals surface area (Å²) in [6.45, 7) is 9.30. The Morgan fingerprint density at radius 3 is 2.80 bits per heavy atom. The number of carbonyl (C=O) groups excluding carboxylic acids is 1. The van der Waals surface area contributed by atoms with Crippen molar-refractivity contribution in [2.75, 3.05) is 32.9 Å². The SMILES string of the molecule is C=C(Cc1nc2nc(C3=CC=C(N4CCOCC4)CC3)c(Cl)cc2[nH]1)C(=O)OCC. The minimum absolute atomic E-state index is 0.274. The summed E-state index contributed by atoms with van der Waals surface area (Å²) in [5.41, 5.74) is 4.83. The van der Waals surface area contributed by atoms with E-state index in [0.717, 1.165) is 55.9 Å². The summed E-state index contributed by atoms with van der Waals surface area (Å²) in [5, 5.41) is 0.580. The van der Waals surface area contributed by atoms with Crippen LogP contribution in [0.3, 0.4) is 0 Å². The highest BCUT2D eigenvalue weighted by Gasteiger charge is 2.20. The van der Waals surface area contributed by atoms with Gasteiger partial charge < -0.3 is 19.4 Å². The molecular weight excluding hydrogens is 404 g/mol. The molecule has 0 bridgehead atoms. The van der Waals surface area contributed by atoms with Crippen molar-refractivity contribution in [3.63, 3.8) is 0 Å². The van der Waals surface area contributed by atoms with Gasteiger partial charge in [-0.1, -0.05) is 24.3 Å². The number of aromatic nitrogens is 3. The normalized spacial score (nSPS) is 16.9. The van der Waals surface area contributed by atoms with Crippen LogP contribution in [0.25, 0.3) is 16.7 Å². The zero-order valence-corrected chi connectivity index (χ0v) is 17.8. The van der Waals surface area contributed by atoms with Crippen molar-refractivity contribution < 1.29 is 14.3 Å². The number of hydrogen-bond acceptors (Lipinski definition) is 6. The van der Waals surface area contributed by atoms with Gasteiger partial charge in [0.1, 0.15) is 5.82 Å². The molecule has 0 saturated carbocycles. The average molecular weight is 429 g/mol. The maximum absolute atomic E-state index is 11.8. The summed E-state index contributed by atoms with van der Waals surface area (Å²) >= 11 is 6.54. The molecule has 0 spiro atoms. The van der Waals surface area contributed by atoms with Crippen LogP contribution < -0.4 is 0 Å². The maximum Gasteiger partial charge on any atom is 0.333 e. The molecule has 2 aliphatic rings. The van der Waals surface area contributed by atoms with Gasteiger partial charge in [0, 0.05) is 30.8 Å². The van der Waals surface area contributed by atoms with Gasteiger partial charge >= 0.3 is 5.97 Å². The van der Waals surface area contributed by atoms with E-state index >= 15 is 0 Å². The Kier molecular flexibility index (Phi) is 6.20. The molecule has 2 aromatic rings. The molecule has 0 amide bonds. The molecule has 1 fully saturated rings. The van der Waals surface area contributed by atoms with Crippen LogP contribution in [0.1, 0.15) is 31.3 Å². The summed E-state index contributed by atoms with van der Waals surface area (Å²) in [5.74, 6) is 0.191. The number of carbonyl (C=O) groups is 1. The Morgan fingerprint density at radius 1 is 1.30 bits per heavy atom. The Balaban J connectivity index is 1.54. The van der Waals surface area contributed by atoms with Gasteiger partial charge in [-0.2, -0.15) is 0 Å². The maximum atomic E-state index is 11.8. The minimum atomic E-state index is -0.417. The van der Waals surface area contributed by atoms with Crippen molar-refractivity contribution >= 4 is 34.3 Å². The topological polar surface area (TPSA) is 80.3 Å². The number of fused-ring (bicyclic) bond motifs is 1. The standard InChI is InChI=1S/C22H25ClN4O3/c1-3-30-22(28)14(2)12-19-24-18-13-17(23)20(26-21(18)25-19)15-4-6-16(7-5-15)27-8-10-29-11-9-27/h4,6,13H,2-3,5,7-12H2,1H3,(H,24,25,26). The second-order valence-electron chi connectivity index (χ2n) is 7.32. The first-order valence-corrected chi connectivity index (χ1v) is 10.6. The monoisotopic (exact) mass is 428 g/mol. The van der Waals surface area contributed by atoms with Gasteiger partial charge in [0.15, 0.2) is 5.65 Å². The number of morpholine rings is 1. The number of rotatable bonds is 6. The summed E-state index contributed by atoms with van der Waals surface area (Å²) in [7, 11) is 0. The number of ether oxygens (including phenoxy) is 2. The molecule has 8 heteroatoms. The Labute approximate surface area is 180 Å². The summed E-state index contributed by atoms with van der Waals surface area (Å²) in [4.78, 5) is 26.6. The highest BCUT2D eigenvalue weighted by atomic mass is 35.5. The fourth-order valence-corrected chi connectivity index (χ4v) is 3.99. The molecule has 1 N–H and O–H groups in total. The van der Waals surface area contributed by atoms with E-state index in [1.807, 2.05) is 6.07 Å². The van der Waals surface area contributed by atoms with E-state index in [1.54, 1.807) is 6.92 Å². The molecule has 7 nitrogen and oxygen atoms in total. The van der Waals surface area contributed by atoms with Crippen LogP contribution in [-0.4, -0.2) is 58.7 Å². The fraction of sp³-hybridized carbons (Fsp3) is 0.409. The number of pyridine rings is 1. The molecule has 158 valence electrons. The Hall–Kier alpha value is -2.64. The van der Waals surface area contributed by atoms with Gasteiger partial charge in [0.25, 0.3) is 0 Å². The quantitative estimate of drug-likeness (QED) is 0.558. The first-order chi connectivity index (χ1) is 14.5. The van der Waals surface area contributed by atoms with Gasteiger partial charge in [-0.05, 0) is 37.5 Å². The molecular formula is C22H25ClN4O3. The van der Waals surface area contributed by atoms with Gasteiger partial charge in [-0.3, -0.25) is 0 Å². The van der Waals surface area contributed by atoms with Crippen molar-refractivity contribution in [1.29, 1.82) is 0 Å². The van der Waals surface area contributed by atoms with Gasteiger partial charge in [-0.25, -0.2) is 14.8 Å². The van der Waals surface area contributed by atoms with Crippen molar-refractivity contribution in [2.45, 2.75) is 26.2 Å². The van der Waals surface area contributed by atoms with Crippen LogP contribution in [-0.2, 0) is 20.7 Å². The van der Waals surface area contributed by atoms with E-state index in [2.05, 4.69) is 33.6 Å². The lowest BCUT2D eigenvalue weighted by Gasteiger charge is -2.32. The smallest absolute Gasteiger partial charge is 0.333 e. The van der Waals surface area contributed by atoms with Gasteiger partial charge in [-0.15, -0.1) is 0 Å². The van der Waals surface area contributed by atoms with Crippen molar-refractivity contribution in [2.24, 2.45) is 0 Å². The number of H-pyrrole nitrogens is 1. The molecule has 0 unspecified atom stereocenters. The number of aromatic amines is 1. The average Bonchev–Trinajstić information content (AvgIpc) is 3.15. The van der Waals surface area contributed by atoms with Crippen molar-refractivity contribution in [3.8, 4) is 0 Å². The van der Waals surface area contributed by atoms with Crippen LogP contribution in [0.2, 0.25) is 5.02 Å². The summed E-state index contributed by atoms with van der Waals surface area (Å²) in [6.07, 6.45) is 6.36. The molecule has 0 atom stereocenters. The number of allylic oxidation sites excluding steroid dienone is 4. The lowest BCUT2D eigenvalue weighted by molar-refractivity contribution is -0.138. The highest BCUT2D eigenvalue weighted by molar-refractivity contribution is 6.32. The molecule has 0 aromatic carbocycles. The van der Waals surface area contributed by atoms with E-state index in [0.29, 0.717) is 28.7 Å². The van der Waals surface area contributed by atoms with Crippen LogP contribution in [0, 0.1) is 0 Å². The number of nitrogens with one attached hydrogen (secondary N) is 1. The molecule has 30 heavy (non-hydrogen) atoms. The first-order valence-electron chi connectivity index (χ1n) is 10.2. The molecule has 2 aromatic heterocycles. The second kappa shape index (κ2) is 9.02. The van der Waals surface area contributed by atoms with Crippen LogP contribution in [0.4, 0.5) is 0 Å². The number of imidazole rings is 1. The predicted molar refractivity (Wildman–Crippen MR) is 116 cm³/mol. The number of nitrogens with zero attached hydrogens (tertiary/aromatic N) is 3. The van der Waals surface area contributed by atoms with Crippen LogP contribution >= 0.6 is 11.6 Å². The predicted octanol–water partition coefficient (Wildman–Crippen LogP) is 3.67. The molecule has 0 radical (unpaired) electrons. The summed E-state index contributed by atoms with van der Waals surface area (Å²) in [6, 6.07) is 1.84. The van der Waals surface area contributed by atoms with Gasteiger partial charge in [0.05, 0.1) is 36.1 Å². The molecule has 4 rings (SSSR count). The molecule has 1 aliphatic carbocycles. The third-order valence-electron chi connectivity index (χ3n) is 5.27. The third-order valence-corrected chi connectivity index (χ3v) is 5.56. The molecule has 3 heterocycles. The number of halogens is 1. The summed E-state index contributed by atoms with van der Waals surface area (Å²) < 4.78 is 10.4. The van der Waals surface area contributed by atoms with Crippen LogP contribution in [0.5, 0.6) is 0 Å². The Morgan fingerprint density at radius 2 is 2.10 bits per heavy atom. The zero-order valence-electron chi connectivity index (χ0n) is 17.0. The molecule has 1 aliphatic heterocycles.